The zero-order valence-electron chi connectivity index (χ0n) is 10.8. The lowest BCUT2D eigenvalue weighted by Gasteiger charge is -2.07. The summed E-state index contributed by atoms with van der Waals surface area (Å²) in [6, 6.07) is 1.26. The summed E-state index contributed by atoms with van der Waals surface area (Å²) >= 11 is 0. The molecule has 0 aliphatic carbocycles. The molecule has 1 aromatic carbocycles. The van der Waals surface area contributed by atoms with Crippen molar-refractivity contribution in [2.75, 3.05) is 13.1 Å². The first kappa shape index (κ1) is 16.1. The van der Waals surface area contributed by atoms with Crippen molar-refractivity contribution in [3.8, 4) is 0 Å². The average Bonchev–Trinajstić information content (AvgIpc) is 2.46. The fraction of sp³-hybridized carbons (Fsp3) is 0.167. The van der Waals surface area contributed by atoms with Gasteiger partial charge >= 0.3 is 0 Å². The molecular formula is C12H11F2N5O2. The smallest absolute Gasteiger partial charge is 0.254 e. The lowest BCUT2D eigenvalue weighted by Crippen LogP contribution is -2.34. The third kappa shape index (κ3) is 4.59. The second kappa shape index (κ2) is 7.61. The molecule has 0 radical (unpaired) electrons. The molecule has 0 atom stereocenters. The Morgan fingerprint density at radius 2 is 1.95 bits per heavy atom. The van der Waals surface area contributed by atoms with Crippen molar-refractivity contribution in [3.63, 3.8) is 0 Å². The van der Waals surface area contributed by atoms with E-state index in [1.807, 2.05) is 0 Å². The molecule has 9 heteroatoms. The second-order valence-electron chi connectivity index (χ2n) is 3.72. The summed E-state index contributed by atoms with van der Waals surface area (Å²) in [7, 11) is 0. The van der Waals surface area contributed by atoms with Gasteiger partial charge in [0.05, 0.1) is 11.3 Å². The third-order valence-electron chi connectivity index (χ3n) is 2.33. The number of hydrogen-bond acceptors (Lipinski definition) is 3. The van der Waals surface area contributed by atoms with Gasteiger partial charge in [0, 0.05) is 18.0 Å². The van der Waals surface area contributed by atoms with Crippen LogP contribution in [0.2, 0.25) is 0 Å². The summed E-state index contributed by atoms with van der Waals surface area (Å²) in [5.41, 5.74) is 7.10. The van der Waals surface area contributed by atoms with Gasteiger partial charge in [0.2, 0.25) is 5.91 Å². The summed E-state index contributed by atoms with van der Waals surface area (Å²) in [4.78, 5) is 24.8. The van der Waals surface area contributed by atoms with Crippen LogP contribution in [0.25, 0.3) is 10.4 Å². The number of halogens is 2. The van der Waals surface area contributed by atoms with Crippen LogP contribution >= 0.6 is 0 Å². The quantitative estimate of drug-likeness (QED) is 0.275. The van der Waals surface area contributed by atoms with Gasteiger partial charge in [0.25, 0.3) is 5.91 Å². The number of amides is 2. The lowest BCUT2D eigenvalue weighted by atomic mass is 10.1. The van der Waals surface area contributed by atoms with Crippen molar-refractivity contribution >= 4 is 17.5 Å². The third-order valence-corrected chi connectivity index (χ3v) is 2.33. The Hall–Kier alpha value is -2.93. The summed E-state index contributed by atoms with van der Waals surface area (Å²) in [5.74, 6) is -3.31. The van der Waals surface area contributed by atoms with E-state index in [-0.39, 0.29) is 13.1 Å². The summed E-state index contributed by atoms with van der Waals surface area (Å²) in [5, 5.41) is 7.64. The van der Waals surface area contributed by atoms with E-state index in [9.17, 15) is 18.4 Å². The highest BCUT2D eigenvalue weighted by Crippen LogP contribution is 2.22. The van der Waals surface area contributed by atoms with Gasteiger partial charge in [-0.25, -0.2) is 8.78 Å². The highest BCUT2D eigenvalue weighted by Gasteiger charge is 2.15. The first-order valence-corrected chi connectivity index (χ1v) is 5.72. The van der Waals surface area contributed by atoms with E-state index in [1.54, 1.807) is 0 Å². The lowest BCUT2D eigenvalue weighted by molar-refractivity contribution is -0.116. The van der Waals surface area contributed by atoms with Gasteiger partial charge in [-0.2, -0.15) is 0 Å². The molecule has 0 heterocycles. The molecule has 0 saturated heterocycles. The molecule has 0 aromatic heterocycles. The van der Waals surface area contributed by atoms with Crippen molar-refractivity contribution in [1.82, 2.24) is 10.6 Å². The van der Waals surface area contributed by atoms with E-state index >= 15 is 0 Å². The molecule has 2 amide bonds. The van der Waals surface area contributed by atoms with Crippen LogP contribution in [0.5, 0.6) is 0 Å². The Bertz CT molecular complexity index is 626. The highest BCUT2D eigenvalue weighted by atomic mass is 19.1. The molecule has 0 spiro atoms. The number of benzene rings is 1. The van der Waals surface area contributed by atoms with Crippen LogP contribution in [0.1, 0.15) is 10.4 Å². The first-order valence-electron chi connectivity index (χ1n) is 5.72. The summed E-state index contributed by atoms with van der Waals surface area (Å²) < 4.78 is 27.0. The Morgan fingerprint density at radius 3 is 2.57 bits per heavy atom. The molecule has 0 fully saturated rings. The van der Waals surface area contributed by atoms with Gasteiger partial charge < -0.3 is 10.6 Å². The van der Waals surface area contributed by atoms with Gasteiger partial charge in [0.1, 0.15) is 11.6 Å². The van der Waals surface area contributed by atoms with Crippen LogP contribution in [-0.2, 0) is 4.79 Å². The molecule has 1 rings (SSSR count). The van der Waals surface area contributed by atoms with E-state index in [1.165, 1.54) is 0 Å². The molecular weight excluding hydrogens is 284 g/mol. The second-order valence-corrected chi connectivity index (χ2v) is 3.72. The van der Waals surface area contributed by atoms with Crippen molar-refractivity contribution in [2.24, 2.45) is 5.11 Å². The number of hydrogen-bond donors (Lipinski definition) is 2. The van der Waals surface area contributed by atoms with E-state index in [2.05, 4.69) is 27.2 Å². The number of rotatable bonds is 6. The predicted molar refractivity (Wildman–Crippen MR) is 70.7 cm³/mol. The Balaban J connectivity index is 2.70. The highest BCUT2D eigenvalue weighted by molar-refractivity contribution is 5.94. The Morgan fingerprint density at radius 1 is 1.29 bits per heavy atom. The summed E-state index contributed by atoms with van der Waals surface area (Å²) in [6.07, 6.45) is 1.06. The standard InChI is InChI=1S/C12H11F2N5O2/c1-2-11(20)16-3-4-17-12(21)7-5-9(14)10(18-19-15)6-8(7)13/h2,5-6H,1,3-4H2,(H,16,20)(H,17,21). The van der Waals surface area contributed by atoms with E-state index in [0.29, 0.717) is 12.1 Å². The van der Waals surface area contributed by atoms with Crippen molar-refractivity contribution in [1.29, 1.82) is 0 Å². The molecule has 0 aliphatic rings. The zero-order valence-corrected chi connectivity index (χ0v) is 10.8. The molecule has 7 nitrogen and oxygen atoms in total. The summed E-state index contributed by atoms with van der Waals surface area (Å²) in [6.45, 7) is 3.38. The minimum absolute atomic E-state index is 0.0254. The van der Waals surface area contributed by atoms with E-state index in [4.69, 9.17) is 5.53 Å². The fourth-order valence-electron chi connectivity index (χ4n) is 1.36. The number of nitrogens with zero attached hydrogens (tertiary/aromatic N) is 3. The van der Waals surface area contributed by atoms with Gasteiger partial charge in [-0.3, -0.25) is 9.59 Å². The molecule has 1 aromatic rings. The van der Waals surface area contributed by atoms with Gasteiger partial charge in [-0.1, -0.05) is 11.7 Å². The van der Waals surface area contributed by atoms with Crippen LogP contribution in [0.4, 0.5) is 14.5 Å². The molecule has 0 aliphatic heterocycles. The number of carbonyl (C=O) groups excluding carboxylic acids is 2. The predicted octanol–water partition coefficient (Wildman–Crippen LogP) is 1.94. The minimum atomic E-state index is -1.02. The van der Waals surface area contributed by atoms with Crippen LogP contribution < -0.4 is 10.6 Å². The number of carbonyl (C=O) groups is 2. The average molecular weight is 295 g/mol. The van der Waals surface area contributed by atoms with Gasteiger partial charge in [-0.15, -0.1) is 0 Å². The van der Waals surface area contributed by atoms with E-state index < -0.39 is 34.7 Å². The first-order chi connectivity index (χ1) is 9.99. The maximum Gasteiger partial charge on any atom is 0.254 e. The minimum Gasteiger partial charge on any atom is -0.351 e. The monoisotopic (exact) mass is 295 g/mol. The largest absolute Gasteiger partial charge is 0.351 e. The van der Waals surface area contributed by atoms with Crippen LogP contribution in [0, 0.1) is 11.6 Å². The molecule has 2 N–H and O–H groups in total. The van der Waals surface area contributed by atoms with Crippen LogP contribution in [0.15, 0.2) is 29.9 Å². The Kier molecular flexibility index (Phi) is 5.84. The Labute approximate surface area is 118 Å². The number of nitrogens with one attached hydrogen (secondary N) is 2. The van der Waals surface area contributed by atoms with Crippen molar-refractivity contribution < 1.29 is 18.4 Å². The topological polar surface area (TPSA) is 107 Å². The maximum atomic E-state index is 13.6. The molecule has 0 bridgehead atoms. The zero-order chi connectivity index (χ0) is 15.8. The molecule has 0 unspecified atom stereocenters. The van der Waals surface area contributed by atoms with Crippen molar-refractivity contribution in [3.05, 3.63) is 52.4 Å². The maximum absolute atomic E-state index is 13.6. The SMILES string of the molecule is C=CC(=O)NCCNC(=O)c1cc(F)c(N=[N+]=[N-])cc1F. The van der Waals surface area contributed by atoms with Crippen LogP contribution in [0.3, 0.4) is 0 Å². The van der Waals surface area contributed by atoms with Crippen molar-refractivity contribution in [2.45, 2.75) is 0 Å². The number of azide groups is 1. The fourth-order valence-corrected chi connectivity index (χ4v) is 1.36. The van der Waals surface area contributed by atoms with E-state index in [0.717, 1.165) is 6.08 Å². The molecule has 21 heavy (non-hydrogen) atoms. The molecule has 0 saturated carbocycles. The molecule has 110 valence electrons. The van der Waals surface area contributed by atoms with Gasteiger partial charge in [-0.05, 0) is 23.7 Å². The normalized spacial score (nSPS) is 9.43. The van der Waals surface area contributed by atoms with Crippen LogP contribution in [-0.4, -0.2) is 24.9 Å². The van der Waals surface area contributed by atoms with Gasteiger partial charge in [0.15, 0.2) is 0 Å².